The molecule has 1 saturated carbocycles. The number of carbonyl (C=O) groups is 2. The summed E-state index contributed by atoms with van der Waals surface area (Å²) in [6, 6.07) is 14.8. The summed E-state index contributed by atoms with van der Waals surface area (Å²) in [6.45, 7) is 0. The van der Waals surface area contributed by atoms with Gasteiger partial charge < -0.3 is 10.1 Å². The highest BCUT2D eigenvalue weighted by Crippen LogP contribution is 2.30. The van der Waals surface area contributed by atoms with Crippen LogP contribution < -0.4 is 15.4 Å². The third-order valence-corrected chi connectivity index (χ3v) is 4.00. The zero-order chi connectivity index (χ0) is 17.6. The number of carbonyl (C=O) groups excluding carboxylic acids is 2. The number of benzene rings is 2. The van der Waals surface area contributed by atoms with Gasteiger partial charge in [-0.2, -0.15) is 5.26 Å². The van der Waals surface area contributed by atoms with E-state index >= 15 is 0 Å². The average Bonchev–Trinajstić information content (AvgIpc) is 2.59. The molecule has 25 heavy (non-hydrogen) atoms. The van der Waals surface area contributed by atoms with Gasteiger partial charge in [-0.15, -0.1) is 0 Å². The molecule has 0 bridgehead atoms. The van der Waals surface area contributed by atoms with Gasteiger partial charge in [-0.3, -0.25) is 10.1 Å². The first kappa shape index (κ1) is 16.5. The number of imide groups is 1. The van der Waals surface area contributed by atoms with Crippen LogP contribution in [0.1, 0.15) is 35.2 Å². The second kappa shape index (κ2) is 7.49. The van der Waals surface area contributed by atoms with Crippen molar-refractivity contribution in [3.8, 4) is 11.8 Å². The lowest BCUT2D eigenvalue weighted by Gasteiger charge is -2.27. The molecule has 1 aliphatic carbocycles. The summed E-state index contributed by atoms with van der Waals surface area (Å²) in [6.07, 6.45) is 3.17. The fraction of sp³-hybridized carbons (Fsp3) is 0.211. The zero-order valence-corrected chi connectivity index (χ0v) is 13.5. The minimum absolute atomic E-state index is 0.121. The number of nitrogens with one attached hydrogen (secondary N) is 2. The van der Waals surface area contributed by atoms with Crippen molar-refractivity contribution in [2.24, 2.45) is 0 Å². The van der Waals surface area contributed by atoms with Crippen LogP contribution in [0.5, 0.6) is 5.75 Å². The molecule has 0 spiro atoms. The Morgan fingerprint density at radius 2 is 1.84 bits per heavy atom. The van der Waals surface area contributed by atoms with Gasteiger partial charge in [0, 0.05) is 5.56 Å². The van der Waals surface area contributed by atoms with Gasteiger partial charge >= 0.3 is 6.03 Å². The first-order valence-corrected chi connectivity index (χ1v) is 8.04. The maximum atomic E-state index is 12.1. The van der Waals surface area contributed by atoms with Gasteiger partial charge in [-0.25, -0.2) is 4.79 Å². The molecular formula is C19H17N3O3. The third-order valence-electron chi connectivity index (χ3n) is 4.00. The number of anilines is 1. The second-order valence-corrected chi connectivity index (χ2v) is 5.74. The van der Waals surface area contributed by atoms with E-state index in [2.05, 4.69) is 16.7 Å². The normalized spacial score (nSPS) is 13.2. The van der Waals surface area contributed by atoms with E-state index in [1.54, 1.807) is 48.5 Å². The average molecular weight is 335 g/mol. The van der Waals surface area contributed by atoms with Crippen molar-refractivity contribution in [3.05, 3.63) is 59.7 Å². The van der Waals surface area contributed by atoms with Crippen molar-refractivity contribution in [1.29, 1.82) is 5.26 Å². The number of amides is 3. The van der Waals surface area contributed by atoms with Crippen molar-refractivity contribution in [3.63, 3.8) is 0 Å². The standard InChI is InChI=1S/C19H17N3O3/c20-12-15-16(10-5-11-17(15)25-14-8-4-9-14)21-19(24)22-18(23)13-6-2-1-3-7-13/h1-3,5-7,10-11,14H,4,8-9H2,(H2,21,22,23,24). The predicted molar refractivity (Wildman–Crippen MR) is 92.4 cm³/mol. The molecule has 0 heterocycles. The number of nitrogens with zero attached hydrogens (tertiary/aromatic N) is 1. The highest BCUT2D eigenvalue weighted by molar-refractivity contribution is 6.08. The van der Waals surface area contributed by atoms with E-state index in [4.69, 9.17) is 4.74 Å². The minimum atomic E-state index is -0.703. The van der Waals surface area contributed by atoms with E-state index in [1.165, 1.54) is 0 Å². The monoisotopic (exact) mass is 335 g/mol. The molecule has 6 heteroatoms. The Morgan fingerprint density at radius 3 is 2.48 bits per heavy atom. The summed E-state index contributed by atoms with van der Waals surface area (Å²) >= 11 is 0. The van der Waals surface area contributed by atoms with Gasteiger partial charge in [-0.05, 0) is 43.5 Å². The van der Waals surface area contributed by atoms with Gasteiger partial charge in [0.15, 0.2) is 0 Å². The van der Waals surface area contributed by atoms with Crippen molar-refractivity contribution < 1.29 is 14.3 Å². The molecule has 3 amide bonds. The maximum Gasteiger partial charge on any atom is 0.326 e. The molecule has 2 aromatic carbocycles. The summed E-state index contributed by atoms with van der Waals surface area (Å²) in [5.74, 6) is -0.0714. The highest BCUT2D eigenvalue weighted by Gasteiger charge is 2.22. The van der Waals surface area contributed by atoms with E-state index in [0.717, 1.165) is 19.3 Å². The zero-order valence-electron chi connectivity index (χ0n) is 13.5. The van der Waals surface area contributed by atoms with Crippen molar-refractivity contribution in [2.45, 2.75) is 25.4 Å². The van der Waals surface area contributed by atoms with Gasteiger partial charge in [0.05, 0.1) is 11.8 Å². The topological polar surface area (TPSA) is 91.2 Å². The van der Waals surface area contributed by atoms with Crippen LogP contribution in [0.4, 0.5) is 10.5 Å². The molecule has 6 nitrogen and oxygen atoms in total. The number of ether oxygens (including phenoxy) is 1. The summed E-state index contributed by atoms with van der Waals surface area (Å²) < 4.78 is 5.78. The molecule has 1 aliphatic rings. The molecule has 0 unspecified atom stereocenters. The van der Waals surface area contributed by atoms with Crippen LogP contribution in [-0.4, -0.2) is 18.0 Å². The maximum absolute atomic E-state index is 12.1. The van der Waals surface area contributed by atoms with E-state index in [-0.39, 0.29) is 11.7 Å². The summed E-state index contributed by atoms with van der Waals surface area (Å²) in [5.41, 5.74) is 0.926. The lowest BCUT2D eigenvalue weighted by atomic mass is 9.96. The predicted octanol–water partition coefficient (Wildman–Crippen LogP) is 3.45. The first-order chi connectivity index (χ1) is 12.2. The Balaban J connectivity index is 1.69. The van der Waals surface area contributed by atoms with Crippen LogP contribution in [0.25, 0.3) is 0 Å². The van der Waals surface area contributed by atoms with E-state index in [1.807, 2.05) is 0 Å². The highest BCUT2D eigenvalue weighted by atomic mass is 16.5. The summed E-state index contributed by atoms with van der Waals surface area (Å²) in [4.78, 5) is 24.1. The number of hydrogen-bond acceptors (Lipinski definition) is 4. The molecule has 1 fully saturated rings. The minimum Gasteiger partial charge on any atom is -0.489 e. The number of urea groups is 1. The molecule has 3 rings (SSSR count). The van der Waals surface area contributed by atoms with Crippen LogP contribution in [-0.2, 0) is 0 Å². The molecule has 0 radical (unpaired) electrons. The van der Waals surface area contributed by atoms with Gasteiger partial charge in [-0.1, -0.05) is 24.3 Å². The molecule has 2 N–H and O–H groups in total. The lowest BCUT2D eigenvalue weighted by molar-refractivity contribution is 0.0967. The number of rotatable bonds is 4. The Morgan fingerprint density at radius 1 is 1.08 bits per heavy atom. The van der Waals surface area contributed by atoms with Gasteiger partial charge in [0.25, 0.3) is 5.91 Å². The third kappa shape index (κ3) is 3.96. The van der Waals surface area contributed by atoms with Crippen LogP contribution in [0.3, 0.4) is 0 Å². The van der Waals surface area contributed by atoms with Crippen LogP contribution >= 0.6 is 0 Å². The molecule has 0 aliphatic heterocycles. The van der Waals surface area contributed by atoms with Crippen molar-refractivity contribution in [1.82, 2.24) is 5.32 Å². The SMILES string of the molecule is N#Cc1c(NC(=O)NC(=O)c2ccccc2)cccc1OC1CCC1. The Labute approximate surface area is 145 Å². The molecule has 0 aromatic heterocycles. The number of nitriles is 1. The molecule has 0 atom stereocenters. The first-order valence-electron chi connectivity index (χ1n) is 8.04. The Hall–Kier alpha value is -3.33. The number of hydrogen-bond donors (Lipinski definition) is 2. The second-order valence-electron chi connectivity index (χ2n) is 5.74. The van der Waals surface area contributed by atoms with Crippen LogP contribution in [0.2, 0.25) is 0 Å². The lowest BCUT2D eigenvalue weighted by Crippen LogP contribution is -2.34. The van der Waals surface area contributed by atoms with Crippen molar-refractivity contribution >= 4 is 17.6 Å². The van der Waals surface area contributed by atoms with E-state index in [9.17, 15) is 14.9 Å². The van der Waals surface area contributed by atoms with Gasteiger partial charge in [0.1, 0.15) is 17.4 Å². The molecular weight excluding hydrogens is 318 g/mol. The summed E-state index contributed by atoms with van der Waals surface area (Å²) in [5, 5.41) is 14.2. The van der Waals surface area contributed by atoms with Crippen LogP contribution in [0, 0.1) is 11.3 Å². The van der Waals surface area contributed by atoms with E-state index < -0.39 is 11.9 Å². The largest absolute Gasteiger partial charge is 0.489 e. The Bertz CT molecular complexity index is 824. The quantitative estimate of drug-likeness (QED) is 0.895. The molecule has 2 aromatic rings. The molecule has 0 saturated heterocycles. The Kier molecular flexibility index (Phi) is 4.95. The van der Waals surface area contributed by atoms with Crippen LogP contribution in [0.15, 0.2) is 48.5 Å². The summed E-state index contributed by atoms with van der Waals surface area (Å²) in [7, 11) is 0. The fourth-order valence-electron chi connectivity index (χ4n) is 2.44. The molecule has 126 valence electrons. The van der Waals surface area contributed by atoms with Crippen molar-refractivity contribution in [2.75, 3.05) is 5.32 Å². The van der Waals surface area contributed by atoms with E-state index in [0.29, 0.717) is 17.0 Å². The van der Waals surface area contributed by atoms with Gasteiger partial charge in [0.2, 0.25) is 0 Å². The smallest absolute Gasteiger partial charge is 0.326 e. The fourth-order valence-corrected chi connectivity index (χ4v) is 2.44.